The minimum Gasteiger partial charge on any atom is -0.383 e. The highest BCUT2D eigenvalue weighted by Crippen LogP contribution is 2.29. The second-order valence-electron chi connectivity index (χ2n) is 4.40. The minimum atomic E-state index is 0.434. The Hall–Kier alpha value is -2.10. The summed E-state index contributed by atoms with van der Waals surface area (Å²) in [5.41, 5.74) is 10.3. The molecule has 1 aromatic carbocycles. The van der Waals surface area contributed by atoms with Gasteiger partial charge >= 0.3 is 0 Å². The van der Waals surface area contributed by atoms with Crippen molar-refractivity contribution >= 4 is 12.1 Å². The van der Waals surface area contributed by atoms with Crippen LogP contribution >= 0.6 is 0 Å². The van der Waals surface area contributed by atoms with Gasteiger partial charge in [0, 0.05) is 12.1 Å². The molecule has 0 fully saturated rings. The molecule has 94 valence electrons. The molecule has 0 saturated heterocycles. The molecule has 0 saturated carbocycles. The number of carbonyl (C=O) groups is 1. The monoisotopic (exact) mass is 243 g/mol. The van der Waals surface area contributed by atoms with E-state index in [1.807, 2.05) is 39.0 Å². The number of nitrogens with zero attached hydrogens (tertiary/aromatic N) is 2. The van der Waals surface area contributed by atoms with Crippen LogP contribution in [0.25, 0.3) is 11.3 Å². The molecule has 0 spiro atoms. The van der Waals surface area contributed by atoms with E-state index in [0.717, 1.165) is 23.0 Å². The van der Waals surface area contributed by atoms with Crippen LogP contribution in [0.1, 0.15) is 28.4 Å². The third-order valence-corrected chi connectivity index (χ3v) is 3.10. The molecular formula is C14H17N3O. The van der Waals surface area contributed by atoms with Crippen LogP contribution in [0.15, 0.2) is 18.2 Å². The molecule has 0 radical (unpaired) electrons. The van der Waals surface area contributed by atoms with E-state index < -0.39 is 0 Å². The third kappa shape index (κ3) is 1.90. The summed E-state index contributed by atoms with van der Waals surface area (Å²) < 4.78 is 1.65. The quantitative estimate of drug-likeness (QED) is 0.843. The predicted octanol–water partition coefficient (Wildman–Crippen LogP) is 2.58. The van der Waals surface area contributed by atoms with Gasteiger partial charge in [-0.3, -0.25) is 4.79 Å². The van der Waals surface area contributed by atoms with Crippen LogP contribution in [0.5, 0.6) is 0 Å². The fourth-order valence-electron chi connectivity index (χ4n) is 2.04. The maximum atomic E-state index is 11.2. The molecule has 0 aliphatic heterocycles. The Labute approximate surface area is 106 Å². The molecule has 1 heterocycles. The summed E-state index contributed by atoms with van der Waals surface area (Å²) in [4.78, 5) is 11.2. The maximum absolute atomic E-state index is 11.2. The van der Waals surface area contributed by atoms with Gasteiger partial charge < -0.3 is 5.73 Å². The molecule has 0 aliphatic carbocycles. The highest BCUT2D eigenvalue weighted by atomic mass is 16.1. The third-order valence-electron chi connectivity index (χ3n) is 3.10. The van der Waals surface area contributed by atoms with E-state index in [4.69, 9.17) is 5.73 Å². The van der Waals surface area contributed by atoms with Gasteiger partial charge in [-0.25, -0.2) is 4.68 Å². The molecule has 2 rings (SSSR count). The standard InChI is InChI=1S/C14H17N3O/c1-4-17-14(15)12(8-18)13(16-17)11-7-9(2)5-6-10(11)3/h5-8H,4,15H2,1-3H3. The molecule has 2 aromatic rings. The summed E-state index contributed by atoms with van der Waals surface area (Å²) in [5, 5.41) is 4.43. The first-order valence-corrected chi connectivity index (χ1v) is 5.97. The number of rotatable bonds is 3. The smallest absolute Gasteiger partial charge is 0.156 e. The van der Waals surface area contributed by atoms with Crippen LogP contribution in [0, 0.1) is 13.8 Å². The predicted molar refractivity (Wildman–Crippen MR) is 72.6 cm³/mol. The van der Waals surface area contributed by atoms with Gasteiger partial charge in [-0.2, -0.15) is 5.10 Å². The Morgan fingerprint density at radius 3 is 2.72 bits per heavy atom. The first-order valence-electron chi connectivity index (χ1n) is 5.97. The highest BCUT2D eigenvalue weighted by Gasteiger charge is 2.17. The first kappa shape index (κ1) is 12.4. The fourth-order valence-corrected chi connectivity index (χ4v) is 2.04. The zero-order valence-electron chi connectivity index (χ0n) is 10.9. The molecule has 1 aromatic heterocycles. The van der Waals surface area contributed by atoms with E-state index in [2.05, 4.69) is 5.10 Å². The van der Waals surface area contributed by atoms with E-state index in [-0.39, 0.29) is 0 Å². The van der Waals surface area contributed by atoms with Crippen molar-refractivity contribution in [3.63, 3.8) is 0 Å². The molecule has 18 heavy (non-hydrogen) atoms. The summed E-state index contributed by atoms with van der Waals surface area (Å²) in [6.07, 6.45) is 0.783. The second-order valence-corrected chi connectivity index (χ2v) is 4.40. The van der Waals surface area contributed by atoms with E-state index in [0.29, 0.717) is 23.6 Å². The average Bonchev–Trinajstić information content (AvgIpc) is 2.68. The number of benzene rings is 1. The van der Waals surface area contributed by atoms with Crippen molar-refractivity contribution < 1.29 is 4.79 Å². The molecule has 2 N–H and O–H groups in total. The van der Waals surface area contributed by atoms with Gasteiger partial charge in [0.1, 0.15) is 11.5 Å². The summed E-state index contributed by atoms with van der Waals surface area (Å²) in [7, 11) is 0. The Kier molecular flexibility index (Phi) is 3.19. The van der Waals surface area contributed by atoms with Gasteiger partial charge in [0.05, 0.1) is 5.56 Å². The number of aryl methyl sites for hydroxylation is 3. The zero-order chi connectivity index (χ0) is 13.3. The Balaban J connectivity index is 2.70. The highest BCUT2D eigenvalue weighted by molar-refractivity contribution is 5.92. The molecule has 0 atom stereocenters. The van der Waals surface area contributed by atoms with Crippen LogP contribution in [-0.2, 0) is 6.54 Å². The lowest BCUT2D eigenvalue weighted by Crippen LogP contribution is -2.02. The number of nitrogens with two attached hydrogens (primary N) is 1. The van der Waals surface area contributed by atoms with Crippen LogP contribution in [-0.4, -0.2) is 16.1 Å². The molecule has 0 aliphatic rings. The van der Waals surface area contributed by atoms with Gasteiger partial charge in [-0.1, -0.05) is 17.7 Å². The van der Waals surface area contributed by atoms with Gasteiger partial charge in [0.2, 0.25) is 0 Å². The van der Waals surface area contributed by atoms with Crippen molar-refractivity contribution in [2.75, 3.05) is 5.73 Å². The van der Waals surface area contributed by atoms with Crippen molar-refractivity contribution in [1.82, 2.24) is 9.78 Å². The lowest BCUT2D eigenvalue weighted by atomic mass is 10.0. The summed E-state index contributed by atoms with van der Waals surface area (Å²) >= 11 is 0. The summed E-state index contributed by atoms with van der Waals surface area (Å²) in [6, 6.07) is 6.10. The van der Waals surface area contributed by atoms with Crippen LogP contribution in [0.4, 0.5) is 5.82 Å². The topological polar surface area (TPSA) is 60.9 Å². The van der Waals surface area contributed by atoms with E-state index in [1.165, 1.54) is 0 Å². The molecular weight excluding hydrogens is 226 g/mol. The number of nitrogen functional groups attached to an aromatic ring is 1. The van der Waals surface area contributed by atoms with Crippen molar-refractivity contribution in [3.05, 3.63) is 34.9 Å². The van der Waals surface area contributed by atoms with Gasteiger partial charge in [-0.05, 0) is 32.4 Å². The lowest BCUT2D eigenvalue weighted by Gasteiger charge is -2.04. The van der Waals surface area contributed by atoms with Gasteiger partial charge in [0.15, 0.2) is 6.29 Å². The van der Waals surface area contributed by atoms with Crippen LogP contribution < -0.4 is 5.73 Å². The molecule has 4 nitrogen and oxygen atoms in total. The molecule has 0 bridgehead atoms. The Morgan fingerprint density at radius 1 is 1.39 bits per heavy atom. The number of aldehydes is 1. The number of aromatic nitrogens is 2. The number of hydrogen-bond acceptors (Lipinski definition) is 3. The fraction of sp³-hybridized carbons (Fsp3) is 0.286. The van der Waals surface area contributed by atoms with Crippen molar-refractivity contribution in [2.45, 2.75) is 27.3 Å². The van der Waals surface area contributed by atoms with E-state index >= 15 is 0 Å². The van der Waals surface area contributed by atoms with Crippen molar-refractivity contribution in [3.8, 4) is 11.3 Å². The molecule has 4 heteroatoms. The maximum Gasteiger partial charge on any atom is 0.156 e. The molecule has 0 unspecified atom stereocenters. The lowest BCUT2D eigenvalue weighted by molar-refractivity contribution is 0.112. The van der Waals surface area contributed by atoms with E-state index in [1.54, 1.807) is 4.68 Å². The number of carbonyl (C=O) groups excluding carboxylic acids is 1. The minimum absolute atomic E-state index is 0.434. The second kappa shape index (κ2) is 4.64. The average molecular weight is 243 g/mol. The summed E-state index contributed by atoms with van der Waals surface area (Å²) in [6.45, 7) is 6.62. The largest absolute Gasteiger partial charge is 0.383 e. The number of anilines is 1. The van der Waals surface area contributed by atoms with Crippen LogP contribution in [0.3, 0.4) is 0 Å². The van der Waals surface area contributed by atoms with Crippen molar-refractivity contribution in [2.24, 2.45) is 0 Å². The summed E-state index contributed by atoms with van der Waals surface area (Å²) in [5.74, 6) is 0.434. The number of hydrogen-bond donors (Lipinski definition) is 1. The SMILES string of the molecule is CCn1nc(-c2cc(C)ccc2C)c(C=O)c1N. The van der Waals surface area contributed by atoms with Crippen molar-refractivity contribution in [1.29, 1.82) is 0 Å². The molecule has 0 amide bonds. The normalized spacial score (nSPS) is 10.6. The zero-order valence-corrected chi connectivity index (χ0v) is 10.9. The first-order chi connectivity index (χ1) is 8.58. The Morgan fingerprint density at radius 2 is 2.11 bits per heavy atom. The van der Waals surface area contributed by atoms with Gasteiger partial charge in [0.25, 0.3) is 0 Å². The van der Waals surface area contributed by atoms with Crippen LogP contribution in [0.2, 0.25) is 0 Å². The Bertz CT molecular complexity index is 599. The van der Waals surface area contributed by atoms with E-state index in [9.17, 15) is 4.79 Å². The van der Waals surface area contributed by atoms with Gasteiger partial charge in [-0.15, -0.1) is 0 Å².